The largest absolute Gasteiger partial charge is 0.348 e. The summed E-state index contributed by atoms with van der Waals surface area (Å²) in [5.41, 5.74) is 1.86. The van der Waals surface area contributed by atoms with Gasteiger partial charge in [0.1, 0.15) is 0 Å². The third-order valence-electron chi connectivity index (χ3n) is 4.75. The first kappa shape index (κ1) is 16.7. The number of hydrogen-bond donors (Lipinski definition) is 1. The molecule has 0 spiro atoms. The maximum absolute atomic E-state index is 13.0. The topological polar surface area (TPSA) is 67.2 Å². The van der Waals surface area contributed by atoms with E-state index in [0.717, 1.165) is 56.5 Å². The van der Waals surface area contributed by atoms with E-state index in [0.29, 0.717) is 12.5 Å². The van der Waals surface area contributed by atoms with Gasteiger partial charge in [-0.1, -0.05) is 13.5 Å². The lowest BCUT2D eigenvalue weighted by Crippen LogP contribution is -2.49. The summed E-state index contributed by atoms with van der Waals surface area (Å²) in [5.74, 6) is 0.361. The maximum Gasteiger partial charge on any atom is 0.257 e. The number of rotatable bonds is 6. The number of likely N-dealkylation sites (tertiary alicyclic amines) is 1. The molecule has 0 aromatic carbocycles. The molecule has 0 radical (unpaired) electrons. The second kappa shape index (κ2) is 7.20. The van der Waals surface area contributed by atoms with Gasteiger partial charge >= 0.3 is 0 Å². The van der Waals surface area contributed by atoms with Gasteiger partial charge in [-0.2, -0.15) is 5.10 Å². The molecule has 6 nitrogen and oxygen atoms in total. The zero-order valence-electron chi connectivity index (χ0n) is 14.3. The van der Waals surface area contributed by atoms with Gasteiger partial charge in [0.15, 0.2) is 0 Å². The Morgan fingerprint density at radius 2 is 2.21 bits per heavy atom. The molecule has 0 bridgehead atoms. The highest BCUT2D eigenvalue weighted by Crippen LogP contribution is 2.42. The van der Waals surface area contributed by atoms with E-state index >= 15 is 0 Å². The predicted molar refractivity (Wildman–Crippen MR) is 91.8 cm³/mol. The Kier molecular flexibility index (Phi) is 5.02. The summed E-state index contributed by atoms with van der Waals surface area (Å²) in [7, 11) is 0. The second-order valence-corrected chi connectivity index (χ2v) is 6.74. The van der Waals surface area contributed by atoms with Crippen LogP contribution in [0, 0.1) is 0 Å². The maximum atomic E-state index is 13.0. The minimum atomic E-state index is -0.177. The van der Waals surface area contributed by atoms with Gasteiger partial charge in [0.25, 0.3) is 5.91 Å². The highest BCUT2D eigenvalue weighted by molar-refractivity contribution is 5.95. The fourth-order valence-electron chi connectivity index (χ4n) is 3.45. The summed E-state index contributed by atoms with van der Waals surface area (Å²) in [5, 5.41) is 7.36. The summed E-state index contributed by atoms with van der Waals surface area (Å²) in [6.45, 7) is 7.76. The fourth-order valence-corrected chi connectivity index (χ4v) is 3.45. The van der Waals surface area contributed by atoms with Crippen LogP contribution in [0.2, 0.25) is 0 Å². The van der Waals surface area contributed by atoms with E-state index in [1.165, 1.54) is 6.08 Å². The molecule has 1 saturated heterocycles. The summed E-state index contributed by atoms with van der Waals surface area (Å²) >= 11 is 0. The van der Waals surface area contributed by atoms with Crippen molar-refractivity contribution in [3.05, 3.63) is 30.1 Å². The number of amides is 2. The molecule has 1 aliphatic heterocycles. The van der Waals surface area contributed by atoms with Crippen LogP contribution in [0.15, 0.2) is 18.9 Å². The number of nitrogens with one attached hydrogen (secondary N) is 1. The Balaban J connectivity index is 1.74. The van der Waals surface area contributed by atoms with Crippen LogP contribution >= 0.6 is 0 Å². The Morgan fingerprint density at radius 3 is 2.88 bits per heavy atom. The van der Waals surface area contributed by atoms with Crippen LogP contribution in [0.1, 0.15) is 61.0 Å². The molecule has 1 saturated carbocycles. The number of nitrogens with zero attached hydrogens (tertiary/aromatic N) is 3. The molecule has 2 aliphatic rings. The lowest BCUT2D eigenvalue weighted by molar-refractivity contribution is -0.117. The Hall–Kier alpha value is -2.11. The van der Waals surface area contributed by atoms with Crippen LogP contribution in [0.5, 0.6) is 0 Å². The highest BCUT2D eigenvalue weighted by atomic mass is 16.2. The normalized spacial score (nSPS) is 20.7. The third kappa shape index (κ3) is 3.52. The van der Waals surface area contributed by atoms with Crippen molar-refractivity contribution in [3.63, 3.8) is 0 Å². The van der Waals surface area contributed by atoms with Crippen molar-refractivity contribution >= 4 is 11.8 Å². The average molecular weight is 330 g/mol. The number of aryl methyl sites for hydroxylation is 1. The van der Waals surface area contributed by atoms with Crippen molar-refractivity contribution in [2.45, 2.75) is 57.5 Å². The van der Waals surface area contributed by atoms with Gasteiger partial charge in [-0.05, 0) is 38.2 Å². The fraction of sp³-hybridized carbons (Fsp3) is 0.611. The van der Waals surface area contributed by atoms with Crippen molar-refractivity contribution in [1.82, 2.24) is 20.0 Å². The zero-order chi connectivity index (χ0) is 17.1. The smallest absolute Gasteiger partial charge is 0.257 e. The van der Waals surface area contributed by atoms with E-state index in [4.69, 9.17) is 0 Å². The molecule has 6 heteroatoms. The van der Waals surface area contributed by atoms with E-state index in [1.54, 1.807) is 6.20 Å². The lowest BCUT2D eigenvalue weighted by Gasteiger charge is -2.33. The minimum absolute atomic E-state index is 0.00302. The first-order chi connectivity index (χ1) is 11.6. The first-order valence-corrected chi connectivity index (χ1v) is 8.92. The molecule has 3 rings (SSSR count). The number of aromatic nitrogens is 2. The van der Waals surface area contributed by atoms with Crippen LogP contribution < -0.4 is 5.32 Å². The lowest BCUT2D eigenvalue weighted by atomic mass is 10.0. The summed E-state index contributed by atoms with van der Waals surface area (Å²) in [6.07, 6.45) is 8.11. The van der Waals surface area contributed by atoms with Gasteiger partial charge in [-0.25, -0.2) is 0 Å². The molecule has 24 heavy (non-hydrogen) atoms. The summed E-state index contributed by atoms with van der Waals surface area (Å²) < 4.78 is 2.01. The van der Waals surface area contributed by atoms with E-state index in [-0.39, 0.29) is 17.9 Å². The molecule has 1 aromatic heterocycles. The number of hydrogen-bond acceptors (Lipinski definition) is 3. The molecule has 2 amide bonds. The molecular formula is C18H26N4O2. The monoisotopic (exact) mass is 330 g/mol. The van der Waals surface area contributed by atoms with Crippen LogP contribution in [-0.4, -0.2) is 45.6 Å². The highest BCUT2D eigenvalue weighted by Gasteiger charge is 2.34. The van der Waals surface area contributed by atoms with Gasteiger partial charge < -0.3 is 10.2 Å². The van der Waals surface area contributed by atoms with Crippen LogP contribution in [-0.2, 0) is 11.3 Å². The Labute approximate surface area is 142 Å². The minimum Gasteiger partial charge on any atom is -0.348 e. The molecule has 130 valence electrons. The standard InChI is InChI=1S/C18H26N4O2/c1-3-9-22-17(13-7-8-13)15(11-19-22)18(24)21-10-5-6-14(12-21)20-16(23)4-2/h4,11,13-14H,2-3,5-10,12H2,1H3,(H,20,23)/t14-/m1/s1. The zero-order valence-corrected chi connectivity index (χ0v) is 14.3. The van der Waals surface area contributed by atoms with Crippen molar-refractivity contribution in [2.24, 2.45) is 0 Å². The molecule has 0 unspecified atom stereocenters. The van der Waals surface area contributed by atoms with E-state index < -0.39 is 0 Å². The van der Waals surface area contributed by atoms with Gasteiger partial charge in [0.2, 0.25) is 5.91 Å². The second-order valence-electron chi connectivity index (χ2n) is 6.74. The molecular weight excluding hydrogens is 304 g/mol. The van der Waals surface area contributed by atoms with E-state index in [2.05, 4.69) is 23.9 Å². The molecule has 1 aliphatic carbocycles. The number of carbonyl (C=O) groups is 2. The van der Waals surface area contributed by atoms with Gasteiger partial charge in [0, 0.05) is 31.6 Å². The third-order valence-corrected chi connectivity index (χ3v) is 4.75. The SMILES string of the molecule is C=CC(=O)N[C@@H]1CCCN(C(=O)c2cnn(CCC)c2C2CC2)C1. The van der Waals surface area contributed by atoms with E-state index in [9.17, 15) is 9.59 Å². The van der Waals surface area contributed by atoms with Gasteiger partial charge in [0.05, 0.1) is 17.5 Å². The molecule has 1 aromatic rings. The van der Waals surface area contributed by atoms with Crippen LogP contribution in [0.3, 0.4) is 0 Å². The molecule has 2 fully saturated rings. The van der Waals surface area contributed by atoms with Gasteiger partial charge in [-0.3, -0.25) is 14.3 Å². The van der Waals surface area contributed by atoms with Gasteiger partial charge in [-0.15, -0.1) is 0 Å². The summed E-state index contributed by atoms with van der Waals surface area (Å²) in [4.78, 5) is 26.4. The van der Waals surface area contributed by atoms with E-state index in [1.807, 2.05) is 9.58 Å². The van der Waals surface area contributed by atoms with Crippen molar-refractivity contribution < 1.29 is 9.59 Å². The van der Waals surface area contributed by atoms with Crippen molar-refractivity contribution in [2.75, 3.05) is 13.1 Å². The predicted octanol–water partition coefficient (Wildman–Crippen LogP) is 2.08. The summed E-state index contributed by atoms with van der Waals surface area (Å²) in [6, 6.07) is 0.00302. The number of carbonyl (C=O) groups excluding carboxylic acids is 2. The van der Waals surface area contributed by atoms with Crippen molar-refractivity contribution in [3.8, 4) is 0 Å². The average Bonchev–Trinajstić information content (AvgIpc) is 3.35. The quantitative estimate of drug-likeness (QED) is 0.812. The van der Waals surface area contributed by atoms with Crippen LogP contribution in [0.4, 0.5) is 0 Å². The first-order valence-electron chi connectivity index (χ1n) is 8.92. The van der Waals surface area contributed by atoms with Crippen molar-refractivity contribution in [1.29, 1.82) is 0 Å². The van der Waals surface area contributed by atoms with Crippen LogP contribution in [0.25, 0.3) is 0 Å². The number of piperidine rings is 1. The molecule has 2 heterocycles. The Morgan fingerprint density at radius 1 is 1.42 bits per heavy atom. The molecule has 1 N–H and O–H groups in total. The molecule has 1 atom stereocenters. The Bertz CT molecular complexity index is 633.